The van der Waals surface area contributed by atoms with Crippen LogP contribution >= 0.6 is 0 Å². The largest absolute Gasteiger partial charge is 0.212 e. The summed E-state index contributed by atoms with van der Waals surface area (Å²) in [6.07, 6.45) is 9.18. The first-order valence-corrected chi connectivity index (χ1v) is 14.3. The van der Waals surface area contributed by atoms with Crippen molar-refractivity contribution in [2.45, 2.75) is 78.4 Å². The lowest BCUT2D eigenvalue weighted by atomic mass is 9.95. The molecule has 0 spiro atoms. The normalized spacial score (nSPS) is 15.7. The third-order valence-corrected chi connectivity index (χ3v) is 8.18. The summed E-state index contributed by atoms with van der Waals surface area (Å²) in [5, 5.41) is 1.68. The van der Waals surface area contributed by atoms with Crippen LogP contribution in [0.3, 0.4) is 0 Å². The Morgan fingerprint density at radius 2 is 1.74 bits per heavy atom. The van der Waals surface area contributed by atoms with Gasteiger partial charge in [0, 0.05) is 17.2 Å². The molecule has 0 radical (unpaired) electrons. The van der Waals surface area contributed by atoms with Gasteiger partial charge in [0.15, 0.2) is 6.20 Å². The lowest BCUT2D eigenvalue weighted by Gasteiger charge is -2.24. The molecule has 146 valence electrons. The van der Waals surface area contributed by atoms with Crippen LogP contribution in [0.15, 0.2) is 30.5 Å². The molecule has 0 aliphatic heterocycles. The van der Waals surface area contributed by atoms with Gasteiger partial charge >= 0.3 is 0 Å². The van der Waals surface area contributed by atoms with E-state index in [-0.39, 0.29) is 0 Å². The van der Waals surface area contributed by atoms with E-state index in [4.69, 9.17) is 0 Å². The second-order valence-electron chi connectivity index (χ2n) is 10.1. The monoisotopic (exact) mass is 380 g/mol. The summed E-state index contributed by atoms with van der Waals surface area (Å²) in [5.74, 6) is 1.47. The van der Waals surface area contributed by atoms with Gasteiger partial charge in [-0.1, -0.05) is 58.5 Å². The fourth-order valence-electron chi connectivity index (χ4n) is 4.69. The van der Waals surface area contributed by atoms with Crippen molar-refractivity contribution in [2.75, 3.05) is 0 Å². The molecular formula is C25H38NSi+. The van der Waals surface area contributed by atoms with Gasteiger partial charge in [0.25, 0.3) is 0 Å². The van der Waals surface area contributed by atoms with Gasteiger partial charge in [-0.05, 0) is 60.4 Å². The summed E-state index contributed by atoms with van der Waals surface area (Å²) in [6.45, 7) is 14.4. The van der Waals surface area contributed by atoms with Crippen molar-refractivity contribution in [3.05, 3.63) is 47.2 Å². The first-order chi connectivity index (χ1) is 12.7. The van der Waals surface area contributed by atoms with Crippen LogP contribution in [0.2, 0.25) is 19.6 Å². The van der Waals surface area contributed by atoms with Crippen LogP contribution in [-0.2, 0) is 13.5 Å². The van der Waals surface area contributed by atoms with E-state index in [1.807, 2.05) is 0 Å². The van der Waals surface area contributed by atoms with Crippen LogP contribution in [0, 0.1) is 12.8 Å². The second kappa shape index (κ2) is 7.91. The summed E-state index contributed by atoms with van der Waals surface area (Å²) in [5.41, 5.74) is 7.28. The van der Waals surface area contributed by atoms with Gasteiger partial charge in [-0.2, -0.15) is 0 Å². The summed E-state index contributed by atoms with van der Waals surface area (Å²) in [4.78, 5) is 0. The summed E-state index contributed by atoms with van der Waals surface area (Å²) in [7, 11) is 0.843. The summed E-state index contributed by atoms with van der Waals surface area (Å²) >= 11 is 0. The summed E-state index contributed by atoms with van der Waals surface area (Å²) in [6, 6.07) is 9.62. The smallest absolute Gasteiger partial charge is 0.201 e. The van der Waals surface area contributed by atoms with E-state index < -0.39 is 8.07 Å². The van der Waals surface area contributed by atoms with Crippen molar-refractivity contribution >= 4 is 13.3 Å². The third-order valence-electron chi connectivity index (χ3n) is 6.13. The van der Waals surface area contributed by atoms with E-state index in [0.717, 1.165) is 12.3 Å². The molecule has 2 aromatic rings. The molecule has 1 aromatic carbocycles. The van der Waals surface area contributed by atoms with Crippen molar-refractivity contribution in [1.29, 1.82) is 0 Å². The van der Waals surface area contributed by atoms with Crippen molar-refractivity contribution in [3.63, 3.8) is 0 Å². The van der Waals surface area contributed by atoms with Gasteiger partial charge in [-0.15, -0.1) is 0 Å². The molecule has 2 heteroatoms. The quantitative estimate of drug-likeness (QED) is 0.450. The van der Waals surface area contributed by atoms with Crippen LogP contribution in [0.1, 0.15) is 62.1 Å². The molecule has 1 heterocycles. The summed E-state index contributed by atoms with van der Waals surface area (Å²) < 4.78 is 2.40. The van der Waals surface area contributed by atoms with E-state index in [1.165, 1.54) is 48.1 Å². The average molecular weight is 381 g/mol. The zero-order chi connectivity index (χ0) is 19.8. The molecule has 0 saturated heterocycles. The molecule has 1 saturated carbocycles. The fourth-order valence-corrected chi connectivity index (χ4v) is 6.40. The van der Waals surface area contributed by atoms with Crippen molar-refractivity contribution in [1.82, 2.24) is 0 Å². The zero-order valence-electron chi connectivity index (χ0n) is 18.5. The number of nitrogens with zero attached hydrogens (tertiary/aromatic N) is 1. The molecule has 1 nitrogen and oxygen atoms in total. The van der Waals surface area contributed by atoms with E-state index >= 15 is 0 Å². The Morgan fingerprint density at radius 1 is 1.07 bits per heavy atom. The Balaban J connectivity index is 2.14. The topological polar surface area (TPSA) is 3.88 Å². The Labute approximate surface area is 167 Å². The Morgan fingerprint density at radius 3 is 2.33 bits per heavy atom. The van der Waals surface area contributed by atoms with E-state index in [1.54, 1.807) is 10.8 Å². The highest BCUT2D eigenvalue weighted by Crippen LogP contribution is 2.34. The Hall–Kier alpha value is -1.41. The minimum absolute atomic E-state index is 0.691. The Kier molecular flexibility index (Phi) is 5.95. The number of pyridine rings is 1. The maximum Gasteiger partial charge on any atom is 0.212 e. The van der Waals surface area contributed by atoms with E-state index in [9.17, 15) is 0 Å². The van der Waals surface area contributed by atoms with E-state index in [0.29, 0.717) is 5.92 Å². The number of benzene rings is 1. The zero-order valence-corrected chi connectivity index (χ0v) is 19.5. The molecule has 0 unspecified atom stereocenters. The predicted octanol–water partition coefficient (Wildman–Crippen LogP) is 5.89. The molecule has 1 fully saturated rings. The first-order valence-electron chi connectivity index (χ1n) is 10.8. The maximum absolute atomic E-state index is 2.56. The van der Waals surface area contributed by atoms with Gasteiger partial charge in [0.2, 0.25) is 5.69 Å². The van der Waals surface area contributed by atoms with Gasteiger partial charge in [-0.3, -0.25) is 0 Å². The molecule has 1 aliphatic rings. The molecular weight excluding hydrogens is 342 g/mol. The van der Waals surface area contributed by atoms with Crippen molar-refractivity contribution in [3.8, 4) is 11.3 Å². The highest BCUT2D eigenvalue weighted by atomic mass is 28.3. The van der Waals surface area contributed by atoms with Crippen LogP contribution in [0.5, 0.6) is 0 Å². The molecule has 27 heavy (non-hydrogen) atoms. The van der Waals surface area contributed by atoms with Crippen LogP contribution < -0.4 is 9.75 Å². The highest BCUT2D eigenvalue weighted by molar-refractivity contribution is 6.89. The lowest BCUT2D eigenvalue weighted by molar-refractivity contribution is -0.660. The fraction of sp³-hybridized carbons (Fsp3) is 0.560. The van der Waals surface area contributed by atoms with Gasteiger partial charge in [0.1, 0.15) is 7.05 Å². The molecule has 0 atom stereocenters. The average Bonchev–Trinajstić information content (AvgIpc) is 3.09. The van der Waals surface area contributed by atoms with Crippen molar-refractivity contribution < 1.29 is 4.57 Å². The van der Waals surface area contributed by atoms with Crippen molar-refractivity contribution in [2.24, 2.45) is 13.0 Å². The minimum atomic E-state index is -1.40. The van der Waals surface area contributed by atoms with Gasteiger partial charge < -0.3 is 0 Å². The standard InChI is InChI=1S/C25H38NSi/c1-18(2)14-20-13-12-19(3)22(15-20)24-16-25(27(5,6)7)23(17-26(24)4)21-10-8-9-11-21/h12-13,15-18,21H,8-11,14H2,1-7H3/q+1. The third kappa shape index (κ3) is 4.54. The van der Waals surface area contributed by atoms with Crippen LogP contribution in [0.4, 0.5) is 0 Å². The van der Waals surface area contributed by atoms with Gasteiger partial charge in [0.05, 0.1) is 8.07 Å². The minimum Gasteiger partial charge on any atom is -0.201 e. The number of hydrogen-bond donors (Lipinski definition) is 0. The van der Waals surface area contributed by atoms with Crippen LogP contribution in [0.25, 0.3) is 11.3 Å². The Bertz CT molecular complexity index is 808. The highest BCUT2D eigenvalue weighted by Gasteiger charge is 2.30. The molecule has 3 rings (SSSR count). The lowest BCUT2D eigenvalue weighted by Crippen LogP contribution is -2.45. The maximum atomic E-state index is 2.56. The molecule has 1 aliphatic carbocycles. The number of aryl methyl sites for hydroxylation is 2. The number of hydrogen-bond acceptors (Lipinski definition) is 0. The van der Waals surface area contributed by atoms with Gasteiger partial charge in [-0.25, -0.2) is 4.57 Å². The molecule has 0 amide bonds. The number of aromatic nitrogens is 1. The molecule has 1 aromatic heterocycles. The second-order valence-corrected chi connectivity index (χ2v) is 15.2. The predicted molar refractivity (Wildman–Crippen MR) is 121 cm³/mol. The SMILES string of the molecule is Cc1ccc(CC(C)C)cc1-c1cc([Si](C)(C)C)c(C2CCCC2)c[n+]1C. The molecule has 0 N–H and O–H groups in total. The van der Waals surface area contributed by atoms with Crippen LogP contribution in [-0.4, -0.2) is 8.07 Å². The number of rotatable bonds is 5. The first kappa shape index (κ1) is 20.3. The van der Waals surface area contributed by atoms with E-state index in [2.05, 4.69) is 82.5 Å². The molecule has 0 bridgehead atoms.